The van der Waals surface area contributed by atoms with Crippen molar-refractivity contribution in [3.8, 4) is 23.3 Å². The number of fused-ring (bicyclic) bond motifs is 2. The fourth-order valence-electron chi connectivity index (χ4n) is 4.30. The average molecular weight is 548 g/mol. The third-order valence-electron chi connectivity index (χ3n) is 6.13. The molecule has 0 radical (unpaired) electrons. The van der Waals surface area contributed by atoms with Crippen molar-refractivity contribution in [3.63, 3.8) is 0 Å². The van der Waals surface area contributed by atoms with Gasteiger partial charge in [0.25, 0.3) is 0 Å². The molecule has 1 fully saturated rings. The van der Waals surface area contributed by atoms with Gasteiger partial charge in [0, 0.05) is 45.0 Å². The number of halogens is 3. The van der Waals surface area contributed by atoms with Crippen LogP contribution >= 0.6 is 0 Å². The molecule has 1 amide bonds. The maximum atomic E-state index is 13.0. The molecule has 4 heterocycles. The van der Waals surface area contributed by atoms with Gasteiger partial charge in [-0.25, -0.2) is 4.98 Å². The second-order valence-electron chi connectivity index (χ2n) is 8.88. The van der Waals surface area contributed by atoms with E-state index >= 15 is 0 Å². The zero-order valence-electron chi connectivity index (χ0n) is 19.7. The molecule has 10 nitrogen and oxygen atoms in total. The Morgan fingerprint density at radius 2 is 1.84 bits per heavy atom. The van der Waals surface area contributed by atoms with E-state index in [0.29, 0.717) is 26.2 Å². The van der Waals surface area contributed by atoms with Crippen LogP contribution in [0.1, 0.15) is 22.4 Å². The minimum atomic E-state index is -5.95. The van der Waals surface area contributed by atoms with Crippen LogP contribution in [0.2, 0.25) is 0 Å². The summed E-state index contributed by atoms with van der Waals surface area (Å²) in [7, 11) is -5.95. The lowest BCUT2D eigenvalue weighted by Crippen LogP contribution is -2.49. The topological polar surface area (TPSA) is 118 Å². The molecule has 38 heavy (non-hydrogen) atoms. The number of alkyl halides is 3. The number of nitriles is 1. The van der Waals surface area contributed by atoms with E-state index in [2.05, 4.69) is 9.17 Å². The summed E-state index contributed by atoms with van der Waals surface area (Å²) < 4.78 is 74.5. The lowest BCUT2D eigenvalue weighted by molar-refractivity contribution is -0.136. The van der Waals surface area contributed by atoms with Crippen molar-refractivity contribution in [1.29, 1.82) is 5.26 Å². The third kappa shape index (κ3) is 5.29. The number of carbonyl (C=O) groups is 1. The first-order chi connectivity index (χ1) is 18.0. The Balaban J connectivity index is 1.60. The first-order valence-electron chi connectivity index (χ1n) is 11.4. The maximum Gasteiger partial charge on any atom is 0.534 e. The van der Waals surface area contributed by atoms with Gasteiger partial charge in [-0.2, -0.15) is 26.9 Å². The van der Waals surface area contributed by atoms with Crippen molar-refractivity contribution in [1.82, 2.24) is 19.4 Å². The molecule has 3 aliphatic heterocycles. The van der Waals surface area contributed by atoms with Crippen LogP contribution in [0.3, 0.4) is 0 Å². The van der Waals surface area contributed by atoms with E-state index in [1.54, 1.807) is 30.7 Å². The molecule has 0 aliphatic carbocycles. The van der Waals surface area contributed by atoms with Crippen molar-refractivity contribution in [2.24, 2.45) is 0 Å². The average Bonchev–Trinajstić information content (AvgIpc) is 3.25. The summed E-state index contributed by atoms with van der Waals surface area (Å²) in [5.74, 6) is -0.796. The molecular formula is C24H20F3N5O5S. The Bertz CT molecular complexity index is 1550. The summed E-state index contributed by atoms with van der Waals surface area (Å²) in [6, 6.07) is 10.5. The van der Waals surface area contributed by atoms with Crippen LogP contribution in [-0.4, -0.2) is 58.8 Å². The van der Waals surface area contributed by atoms with Gasteiger partial charge >= 0.3 is 15.6 Å². The highest BCUT2D eigenvalue weighted by atomic mass is 32.2. The van der Waals surface area contributed by atoms with E-state index < -0.39 is 21.4 Å². The third-order valence-corrected chi connectivity index (χ3v) is 7.11. The molecule has 6 rings (SSSR count). The quantitative estimate of drug-likeness (QED) is 0.355. The van der Waals surface area contributed by atoms with Gasteiger partial charge in [-0.1, -0.05) is 6.07 Å². The molecule has 6 bridgehead atoms. The highest BCUT2D eigenvalue weighted by Gasteiger charge is 2.48. The molecule has 1 saturated heterocycles. The Hall–Kier alpha value is -4.09. The van der Waals surface area contributed by atoms with Crippen LogP contribution in [0.5, 0.6) is 17.2 Å². The van der Waals surface area contributed by atoms with E-state index in [4.69, 9.17) is 4.74 Å². The number of hydrogen-bond acceptors (Lipinski definition) is 8. The van der Waals surface area contributed by atoms with Crippen molar-refractivity contribution in [2.45, 2.75) is 25.1 Å². The van der Waals surface area contributed by atoms with Crippen molar-refractivity contribution < 1.29 is 35.3 Å². The van der Waals surface area contributed by atoms with E-state index in [0.717, 1.165) is 23.4 Å². The predicted octanol–water partition coefficient (Wildman–Crippen LogP) is 2.98. The summed E-state index contributed by atoms with van der Waals surface area (Å²) in [5, 5.41) is 9.58. The standard InChI is InChI=1S/C24H20F3N5O5S/c25-24(26,27)38(34,35)37-21-6-17-5-20(8-21)36-22-7-16(1-2-18(22)9-28)11-32-15-29-10-19(32)13-30-3-4-31(12-17)23(33)14-30/h1-2,5-8,10,15H,3-4,11-14H2. The number of hydrogen-bond donors (Lipinski definition) is 0. The monoisotopic (exact) mass is 547 g/mol. The lowest BCUT2D eigenvalue weighted by Gasteiger charge is -2.34. The number of carbonyl (C=O) groups excluding carboxylic acids is 1. The van der Waals surface area contributed by atoms with Gasteiger partial charge in [-0.05, 0) is 35.4 Å². The summed E-state index contributed by atoms with van der Waals surface area (Å²) in [5.41, 5.74) is -3.56. The molecular weight excluding hydrogens is 527 g/mol. The Kier molecular flexibility index (Phi) is 6.49. The molecule has 1 atom stereocenters. The Morgan fingerprint density at radius 1 is 1.03 bits per heavy atom. The van der Waals surface area contributed by atoms with Gasteiger partial charge in [-0.15, -0.1) is 0 Å². The zero-order valence-corrected chi connectivity index (χ0v) is 20.5. The summed E-state index contributed by atoms with van der Waals surface area (Å²) in [4.78, 5) is 20.6. The number of imidazole rings is 1. The van der Waals surface area contributed by atoms with Gasteiger partial charge in [0.05, 0.1) is 24.1 Å². The number of benzene rings is 2. The number of rotatable bonds is 2. The van der Waals surface area contributed by atoms with Crippen LogP contribution in [0, 0.1) is 11.3 Å². The summed E-state index contributed by atoms with van der Waals surface area (Å²) >= 11 is 0. The van der Waals surface area contributed by atoms with Crippen LogP contribution in [-0.2, 0) is 34.5 Å². The number of amides is 1. The number of aromatic nitrogens is 2. The minimum Gasteiger partial charge on any atom is -0.456 e. The lowest BCUT2D eigenvalue weighted by atomic mass is 10.1. The molecule has 0 saturated carbocycles. The molecule has 3 aromatic rings. The Labute approximate surface area is 215 Å². The smallest absolute Gasteiger partial charge is 0.456 e. The SMILES string of the molecule is N#Cc1ccc2cc1Oc1cc(cc(OS(=O)(=O)C(F)(F)F)c1)CN1CCN(CC1=O)Cc1cncn1C2. The maximum absolute atomic E-state index is 13.0. The molecule has 14 heteroatoms. The number of piperazine rings is 1. The largest absolute Gasteiger partial charge is 0.534 e. The second kappa shape index (κ2) is 9.66. The fraction of sp³-hybridized carbons (Fsp3) is 0.292. The number of ether oxygens (including phenoxy) is 1. The van der Waals surface area contributed by atoms with Gasteiger partial charge < -0.3 is 18.4 Å². The minimum absolute atomic E-state index is 0.0185. The Morgan fingerprint density at radius 3 is 2.58 bits per heavy atom. The fourth-order valence-corrected chi connectivity index (χ4v) is 4.74. The molecule has 3 aliphatic rings. The molecule has 1 aromatic heterocycles. The van der Waals surface area contributed by atoms with E-state index in [9.17, 15) is 31.6 Å². The van der Waals surface area contributed by atoms with Crippen molar-refractivity contribution in [3.05, 3.63) is 71.3 Å². The van der Waals surface area contributed by atoms with Gasteiger partial charge in [-0.3, -0.25) is 9.69 Å². The van der Waals surface area contributed by atoms with Crippen molar-refractivity contribution in [2.75, 3.05) is 19.6 Å². The molecule has 1 unspecified atom stereocenters. The second-order valence-corrected chi connectivity index (χ2v) is 10.4. The van der Waals surface area contributed by atoms with Gasteiger partial charge in [0.2, 0.25) is 5.91 Å². The van der Waals surface area contributed by atoms with Crippen LogP contribution in [0.25, 0.3) is 0 Å². The van der Waals surface area contributed by atoms with Crippen molar-refractivity contribution >= 4 is 16.0 Å². The van der Waals surface area contributed by atoms with Gasteiger partial charge in [0.15, 0.2) is 0 Å². The highest BCUT2D eigenvalue weighted by molar-refractivity contribution is 7.88. The van der Waals surface area contributed by atoms with E-state index in [1.165, 1.54) is 11.0 Å². The zero-order chi connectivity index (χ0) is 27.1. The molecule has 0 N–H and O–H groups in total. The molecule has 198 valence electrons. The molecule has 2 aromatic carbocycles. The first kappa shape index (κ1) is 25.6. The molecule has 0 spiro atoms. The summed E-state index contributed by atoms with van der Waals surface area (Å²) in [6.07, 6.45) is 3.38. The number of nitrogens with zero attached hydrogens (tertiary/aromatic N) is 5. The van der Waals surface area contributed by atoms with Crippen LogP contribution in [0.4, 0.5) is 13.2 Å². The van der Waals surface area contributed by atoms with E-state index in [-0.39, 0.29) is 41.6 Å². The normalized spacial score (nSPS) is 17.9. The first-order valence-corrected chi connectivity index (χ1v) is 12.8. The van der Waals surface area contributed by atoms with Crippen LogP contribution in [0.15, 0.2) is 48.9 Å². The van der Waals surface area contributed by atoms with Gasteiger partial charge in [0.1, 0.15) is 23.3 Å². The van der Waals surface area contributed by atoms with Crippen LogP contribution < -0.4 is 8.92 Å². The predicted molar refractivity (Wildman–Crippen MR) is 125 cm³/mol. The highest BCUT2D eigenvalue weighted by Crippen LogP contribution is 2.34. The van der Waals surface area contributed by atoms with E-state index in [1.807, 2.05) is 15.5 Å². The summed E-state index contributed by atoms with van der Waals surface area (Å²) in [6.45, 7) is 1.84.